The molecule has 25 heavy (non-hydrogen) atoms. The average Bonchev–Trinajstić information content (AvgIpc) is 3.07. The summed E-state index contributed by atoms with van der Waals surface area (Å²) in [7, 11) is 3.24. The molecule has 0 saturated heterocycles. The summed E-state index contributed by atoms with van der Waals surface area (Å²) in [5.41, 5.74) is 2.51. The van der Waals surface area contributed by atoms with Crippen LogP contribution in [0.2, 0.25) is 0 Å². The van der Waals surface area contributed by atoms with Crippen molar-refractivity contribution in [1.82, 2.24) is 14.8 Å². The Bertz CT molecular complexity index is 871. The van der Waals surface area contributed by atoms with Crippen LogP contribution in [0.15, 0.2) is 35.8 Å². The van der Waals surface area contributed by atoms with Crippen LogP contribution in [0.5, 0.6) is 11.5 Å². The normalized spacial score (nSPS) is 22.1. The molecule has 2 aromatic rings. The Labute approximate surface area is 145 Å². The highest BCUT2D eigenvalue weighted by atomic mass is 16.5. The molecule has 1 aromatic heterocycles. The fraction of sp³-hybridized carbons (Fsp3) is 0.389. The number of carbonyl (C=O) groups is 1. The molecule has 7 heteroatoms. The molecule has 7 nitrogen and oxygen atoms in total. The summed E-state index contributed by atoms with van der Waals surface area (Å²) in [4.78, 5) is 17.2. The number of benzene rings is 1. The van der Waals surface area contributed by atoms with E-state index in [4.69, 9.17) is 9.47 Å². The number of nitrogens with zero attached hydrogens (tertiary/aromatic N) is 3. The van der Waals surface area contributed by atoms with Crippen LogP contribution in [0.4, 0.5) is 5.95 Å². The first-order valence-corrected chi connectivity index (χ1v) is 8.27. The molecule has 0 amide bonds. The van der Waals surface area contributed by atoms with Gasteiger partial charge in [-0.3, -0.25) is 4.79 Å². The second-order valence-corrected chi connectivity index (χ2v) is 6.49. The van der Waals surface area contributed by atoms with E-state index in [0.29, 0.717) is 29.8 Å². The average molecular weight is 340 g/mol. The van der Waals surface area contributed by atoms with Crippen LogP contribution in [0.3, 0.4) is 0 Å². The zero-order valence-corrected chi connectivity index (χ0v) is 14.4. The Morgan fingerprint density at radius 2 is 2.08 bits per heavy atom. The molecule has 0 fully saturated rings. The Morgan fingerprint density at radius 1 is 1.24 bits per heavy atom. The molecule has 2 aliphatic rings. The first-order chi connectivity index (χ1) is 12.1. The maximum absolute atomic E-state index is 12.9. The lowest BCUT2D eigenvalue weighted by Crippen LogP contribution is -2.33. The van der Waals surface area contributed by atoms with Gasteiger partial charge in [-0.1, -0.05) is 6.92 Å². The van der Waals surface area contributed by atoms with Crippen molar-refractivity contribution in [2.75, 3.05) is 19.5 Å². The van der Waals surface area contributed by atoms with Crippen molar-refractivity contribution in [3.63, 3.8) is 0 Å². The number of aromatic nitrogens is 3. The molecule has 1 N–H and O–H groups in total. The van der Waals surface area contributed by atoms with Crippen LogP contribution in [0, 0.1) is 5.92 Å². The van der Waals surface area contributed by atoms with Gasteiger partial charge in [0.1, 0.15) is 23.9 Å². The third-order valence-corrected chi connectivity index (χ3v) is 4.80. The van der Waals surface area contributed by atoms with Crippen molar-refractivity contribution in [2.24, 2.45) is 5.92 Å². The zero-order valence-electron chi connectivity index (χ0n) is 14.4. The fourth-order valence-electron chi connectivity index (χ4n) is 3.69. The van der Waals surface area contributed by atoms with Gasteiger partial charge in [-0.2, -0.15) is 10.1 Å². The third kappa shape index (κ3) is 2.47. The van der Waals surface area contributed by atoms with Gasteiger partial charge in [-0.25, -0.2) is 4.68 Å². The molecule has 0 radical (unpaired) electrons. The van der Waals surface area contributed by atoms with Crippen LogP contribution in [0.1, 0.15) is 31.4 Å². The second-order valence-electron chi connectivity index (χ2n) is 6.49. The molecule has 1 aliphatic heterocycles. The van der Waals surface area contributed by atoms with Crippen LogP contribution >= 0.6 is 0 Å². The van der Waals surface area contributed by atoms with Gasteiger partial charge in [0.25, 0.3) is 0 Å². The number of ketones is 1. The summed E-state index contributed by atoms with van der Waals surface area (Å²) < 4.78 is 12.7. The van der Waals surface area contributed by atoms with E-state index in [1.165, 1.54) is 6.33 Å². The van der Waals surface area contributed by atoms with Crippen molar-refractivity contribution in [3.05, 3.63) is 41.4 Å². The minimum absolute atomic E-state index is 0.136. The van der Waals surface area contributed by atoms with E-state index in [9.17, 15) is 4.79 Å². The number of hydrogen-bond donors (Lipinski definition) is 1. The van der Waals surface area contributed by atoms with Gasteiger partial charge in [0, 0.05) is 23.3 Å². The quantitative estimate of drug-likeness (QED) is 0.925. The van der Waals surface area contributed by atoms with Gasteiger partial charge >= 0.3 is 0 Å². The molecule has 4 rings (SSSR count). The number of carbonyl (C=O) groups excluding carboxylic acids is 1. The third-order valence-electron chi connectivity index (χ3n) is 4.80. The standard InChI is InChI=1S/C18H20N4O3/c1-10-6-13-16(14(23)7-10)17(22-18(21-13)19-9-20-22)12-8-11(24-2)4-5-15(12)25-3/h4-5,8-10,17H,6-7H2,1-3H3,(H,19,20,21)/t10-,17-/m1/s1. The van der Waals surface area contributed by atoms with E-state index in [1.807, 2.05) is 18.2 Å². The number of anilines is 1. The predicted octanol–water partition coefficient (Wildman–Crippen LogP) is 2.56. The monoisotopic (exact) mass is 340 g/mol. The highest BCUT2D eigenvalue weighted by Crippen LogP contribution is 2.44. The topological polar surface area (TPSA) is 78.3 Å². The number of Topliss-reactive ketones (excluding diaryl/α,β-unsaturated/α-hetero) is 1. The van der Waals surface area contributed by atoms with Crippen LogP contribution in [0.25, 0.3) is 0 Å². The number of hydrogen-bond acceptors (Lipinski definition) is 6. The van der Waals surface area contributed by atoms with E-state index in [0.717, 1.165) is 23.3 Å². The second kappa shape index (κ2) is 5.91. The Morgan fingerprint density at radius 3 is 2.84 bits per heavy atom. The highest BCUT2D eigenvalue weighted by molar-refractivity contribution is 5.99. The van der Waals surface area contributed by atoms with Crippen molar-refractivity contribution < 1.29 is 14.3 Å². The smallest absolute Gasteiger partial charge is 0.226 e. The molecule has 1 aliphatic carbocycles. The van der Waals surface area contributed by atoms with Gasteiger partial charge < -0.3 is 14.8 Å². The van der Waals surface area contributed by atoms with E-state index < -0.39 is 0 Å². The fourth-order valence-corrected chi connectivity index (χ4v) is 3.69. The Kier molecular flexibility index (Phi) is 3.71. The molecule has 0 saturated carbocycles. The maximum atomic E-state index is 12.9. The first kappa shape index (κ1) is 15.7. The highest BCUT2D eigenvalue weighted by Gasteiger charge is 2.39. The molecule has 2 heterocycles. The number of allylic oxidation sites excluding steroid dienone is 2. The number of methoxy groups -OCH3 is 2. The molecule has 0 bridgehead atoms. The SMILES string of the molecule is COc1ccc(OC)c([C@@H]2C3=C(C[C@@H](C)CC3=O)Nc3ncnn32)c1. The van der Waals surface area contributed by atoms with E-state index >= 15 is 0 Å². The molecule has 0 spiro atoms. The van der Waals surface area contributed by atoms with Crippen molar-refractivity contribution >= 4 is 11.7 Å². The largest absolute Gasteiger partial charge is 0.497 e. The lowest BCUT2D eigenvalue weighted by atomic mass is 9.81. The van der Waals surface area contributed by atoms with Crippen LogP contribution in [-0.4, -0.2) is 34.8 Å². The van der Waals surface area contributed by atoms with Gasteiger partial charge in [-0.05, 0) is 30.5 Å². The number of nitrogens with one attached hydrogen (secondary N) is 1. The Balaban J connectivity index is 1.94. The van der Waals surface area contributed by atoms with Gasteiger partial charge in [0.05, 0.1) is 14.2 Å². The minimum Gasteiger partial charge on any atom is -0.497 e. The van der Waals surface area contributed by atoms with Crippen LogP contribution < -0.4 is 14.8 Å². The summed E-state index contributed by atoms with van der Waals surface area (Å²) >= 11 is 0. The number of fused-ring (bicyclic) bond motifs is 1. The van der Waals surface area contributed by atoms with E-state index in [-0.39, 0.29) is 11.8 Å². The first-order valence-electron chi connectivity index (χ1n) is 8.27. The van der Waals surface area contributed by atoms with Crippen LogP contribution in [-0.2, 0) is 4.79 Å². The number of ether oxygens (including phenoxy) is 2. The summed E-state index contributed by atoms with van der Waals surface area (Å²) in [5, 5.41) is 7.63. The van der Waals surface area contributed by atoms with Gasteiger partial charge in [-0.15, -0.1) is 0 Å². The molecular weight excluding hydrogens is 320 g/mol. The van der Waals surface area contributed by atoms with E-state index in [1.54, 1.807) is 18.9 Å². The molecular formula is C18H20N4O3. The van der Waals surface area contributed by atoms with Gasteiger partial charge in [0.2, 0.25) is 5.95 Å². The summed E-state index contributed by atoms with van der Waals surface area (Å²) in [6.07, 6.45) is 2.85. The van der Waals surface area contributed by atoms with Gasteiger partial charge in [0.15, 0.2) is 5.78 Å². The minimum atomic E-state index is -0.376. The maximum Gasteiger partial charge on any atom is 0.226 e. The number of rotatable bonds is 3. The Hall–Kier alpha value is -2.83. The molecule has 130 valence electrons. The zero-order chi connectivity index (χ0) is 17.6. The predicted molar refractivity (Wildman–Crippen MR) is 91.8 cm³/mol. The summed E-state index contributed by atoms with van der Waals surface area (Å²) in [5.74, 6) is 2.47. The lowest BCUT2D eigenvalue weighted by Gasteiger charge is -2.34. The molecule has 0 unspecified atom stereocenters. The molecule has 2 atom stereocenters. The lowest BCUT2D eigenvalue weighted by molar-refractivity contribution is -0.117. The molecule has 1 aromatic carbocycles. The van der Waals surface area contributed by atoms with Crippen molar-refractivity contribution in [3.8, 4) is 11.5 Å². The summed E-state index contributed by atoms with van der Waals surface area (Å²) in [6.45, 7) is 2.09. The van der Waals surface area contributed by atoms with Crippen molar-refractivity contribution in [2.45, 2.75) is 25.8 Å². The van der Waals surface area contributed by atoms with E-state index in [2.05, 4.69) is 22.3 Å². The van der Waals surface area contributed by atoms with Crippen molar-refractivity contribution in [1.29, 1.82) is 0 Å². The summed E-state index contributed by atoms with van der Waals surface area (Å²) in [6, 6.07) is 5.21.